The van der Waals surface area contributed by atoms with Gasteiger partial charge in [0.05, 0.1) is 4.88 Å². The summed E-state index contributed by atoms with van der Waals surface area (Å²) < 4.78 is 0. The Balaban J connectivity index is 2.74. The van der Waals surface area contributed by atoms with Gasteiger partial charge in [0.2, 0.25) is 5.91 Å². The quantitative estimate of drug-likeness (QED) is 0.699. The number of aryl methyl sites for hydroxylation is 2. The molecule has 1 heterocycles. The minimum Gasteiger partial charge on any atom is -0.480 e. The van der Waals surface area contributed by atoms with Crippen molar-refractivity contribution in [3.63, 3.8) is 0 Å². The van der Waals surface area contributed by atoms with Gasteiger partial charge in [0.15, 0.2) is 0 Å². The number of carboxylic acids is 1. The van der Waals surface area contributed by atoms with Crippen molar-refractivity contribution < 1.29 is 19.5 Å². The number of carbonyl (C=O) groups is 3. The van der Waals surface area contributed by atoms with Gasteiger partial charge in [0.25, 0.3) is 5.91 Å². The topological polar surface area (TPSA) is 109 Å². The molecule has 0 radical (unpaired) electrons. The molecule has 110 valence electrons. The number of carbonyl (C=O) groups excluding carboxylic acids is 2. The van der Waals surface area contributed by atoms with E-state index < -0.39 is 23.8 Å². The number of hydrogen-bond donors (Lipinski definition) is 3. The second kappa shape index (κ2) is 7.04. The standard InChI is InChI=1S/C13H18N2O4S/c1-3-9-7(2)6-10(20-9)12(17)15-8(13(18)19)4-5-11(14)16/h6,8H,3-5H2,1-2H3,(H2,14,16)(H,15,17)(H,18,19)/t8-/m0/s1. The van der Waals surface area contributed by atoms with Crippen LogP contribution in [0.15, 0.2) is 6.07 Å². The first-order valence-electron chi connectivity index (χ1n) is 6.26. The normalized spacial score (nSPS) is 11.9. The van der Waals surface area contributed by atoms with Crippen molar-refractivity contribution in [3.05, 3.63) is 21.4 Å². The van der Waals surface area contributed by atoms with Crippen molar-refractivity contribution in [2.24, 2.45) is 5.73 Å². The highest BCUT2D eigenvalue weighted by Gasteiger charge is 2.22. The van der Waals surface area contributed by atoms with Crippen LogP contribution in [0, 0.1) is 6.92 Å². The molecule has 0 saturated heterocycles. The second-order valence-electron chi connectivity index (χ2n) is 4.44. The number of rotatable bonds is 7. The van der Waals surface area contributed by atoms with E-state index >= 15 is 0 Å². The number of nitrogens with one attached hydrogen (secondary N) is 1. The molecule has 0 aliphatic heterocycles. The summed E-state index contributed by atoms with van der Waals surface area (Å²) in [6.45, 7) is 3.90. The third-order valence-corrected chi connectivity index (χ3v) is 4.23. The molecule has 1 aromatic rings. The van der Waals surface area contributed by atoms with Crippen molar-refractivity contribution >= 4 is 29.1 Å². The Kier molecular flexibility index (Phi) is 5.69. The lowest BCUT2D eigenvalue weighted by Gasteiger charge is -2.12. The summed E-state index contributed by atoms with van der Waals surface area (Å²) in [5, 5.41) is 11.4. The van der Waals surface area contributed by atoms with Gasteiger partial charge in [-0.15, -0.1) is 11.3 Å². The molecule has 0 spiro atoms. The van der Waals surface area contributed by atoms with Crippen molar-refractivity contribution in [2.75, 3.05) is 0 Å². The van der Waals surface area contributed by atoms with E-state index in [2.05, 4.69) is 5.32 Å². The molecule has 4 N–H and O–H groups in total. The zero-order valence-electron chi connectivity index (χ0n) is 11.4. The minimum absolute atomic E-state index is 0.0125. The zero-order chi connectivity index (χ0) is 15.3. The minimum atomic E-state index is -1.18. The molecule has 0 aromatic carbocycles. The number of primary amides is 1. The van der Waals surface area contributed by atoms with E-state index in [-0.39, 0.29) is 12.8 Å². The summed E-state index contributed by atoms with van der Waals surface area (Å²) in [4.78, 5) is 35.3. The maximum absolute atomic E-state index is 12.0. The molecule has 1 rings (SSSR count). The van der Waals surface area contributed by atoms with Gasteiger partial charge in [-0.1, -0.05) is 6.92 Å². The van der Waals surface area contributed by atoms with Crippen LogP contribution < -0.4 is 11.1 Å². The lowest BCUT2D eigenvalue weighted by atomic mass is 10.1. The van der Waals surface area contributed by atoms with Crippen molar-refractivity contribution in [2.45, 2.75) is 39.2 Å². The number of hydrogen-bond acceptors (Lipinski definition) is 4. The molecule has 7 heteroatoms. The number of nitrogens with two attached hydrogens (primary N) is 1. The highest BCUT2D eigenvalue weighted by atomic mass is 32.1. The maximum Gasteiger partial charge on any atom is 0.326 e. The first kappa shape index (κ1) is 16.2. The Morgan fingerprint density at radius 3 is 2.55 bits per heavy atom. The van der Waals surface area contributed by atoms with Crippen LogP contribution in [0.1, 0.15) is 39.9 Å². The summed E-state index contributed by atoms with van der Waals surface area (Å²) in [6, 6.07) is 0.633. The molecule has 0 aliphatic carbocycles. The maximum atomic E-state index is 12.0. The summed E-state index contributed by atoms with van der Waals surface area (Å²) in [5.41, 5.74) is 6.00. The summed E-state index contributed by atoms with van der Waals surface area (Å²) in [6.07, 6.45) is 0.732. The van der Waals surface area contributed by atoms with E-state index in [0.717, 1.165) is 16.9 Å². The summed E-state index contributed by atoms with van der Waals surface area (Å²) >= 11 is 1.35. The van der Waals surface area contributed by atoms with E-state index in [1.807, 2.05) is 13.8 Å². The average Bonchev–Trinajstić information content (AvgIpc) is 2.75. The molecule has 0 unspecified atom stereocenters. The Labute approximate surface area is 121 Å². The number of amides is 2. The van der Waals surface area contributed by atoms with Crippen LogP contribution in [0.5, 0.6) is 0 Å². The predicted octanol–water partition coefficient (Wildman–Crippen LogP) is 1.07. The van der Waals surface area contributed by atoms with E-state index in [0.29, 0.717) is 4.88 Å². The molecule has 0 saturated carbocycles. The van der Waals surface area contributed by atoms with Gasteiger partial charge in [-0.2, -0.15) is 0 Å². The lowest BCUT2D eigenvalue weighted by Crippen LogP contribution is -2.41. The summed E-state index contributed by atoms with van der Waals surface area (Å²) in [5.74, 6) is -2.20. The van der Waals surface area contributed by atoms with Crippen LogP contribution in [0.3, 0.4) is 0 Å². The van der Waals surface area contributed by atoms with E-state index in [1.54, 1.807) is 6.07 Å². The van der Waals surface area contributed by atoms with Crippen molar-refractivity contribution in [1.29, 1.82) is 0 Å². The van der Waals surface area contributed by atoms with Gasteiger partial charge in [-0.3, -0.25) is 9.59 Å². The number of thiophene rings is 1. The van der Waals surface area contributed by atoms with Crippen LogP contribution in [-0.4, -0.2) is 28.9 Å². The average molecular weight is 298 g/mol. The Bertz CT molecular complexity index is 524. The highest BCUT2D eigenvalue weighted by Crippen LogP contribution is 2.22. The molecule has 20 heavy (non-hydrogen) atoms. The number of carboxylic acid groups (broad SMARTS) is 1. The Morgan fingerprint density at radius 1 is 1.45 bits per heavy atom. The zero-order valence-corrected chi connectivity index (χ0v) is 12.3. The summed E-state index contributed by atoms with van der Waals surface area (Å²) in [7, 11) is 0. The molecule has 1 aromatic heterocycles. The van der Waals surface area contributed by atoms with Gasteiger partial charge in [0, 0.05) is 11.3 Å². The van der Waals surface area contributed by atoms with Crippen LogP contribution >= 0.6 is 11.3 Å². The monoisotopic (exact) mass is 298 g/mol. The first-order valence-corrected chi connectivity index (χ1v) is 7.08. The molecular weight excluding hydrogens is 280 g/mol. The van der Waals surface area contributed by atoms with Gasteiger partial charge < -0.3 is 16.2 Å². The van der Waals surface area contributed by atoms with Gasteiger partial charge in [-0.05, 0) is 31.4 Å². The van der Waals surface area contributed by atoms with Crippen LogP contribution in [0.4, 0.5) is 0 Å². The molecular formula is C13H18N2O4S. The second-order valence-corrected chi connectivity index (χ2v) is 5.58. The van der Waals surface area contributed by atoms with E-state index in [4.69, 9.17) is 10.8 Å². The Morgan fingerprint density at radius 2 is 2.10 bits per heavy atom. The van der Waals surface area contributed by atoms with Crippen molar-refractivity contribution in [3.8, 4) is 0 Å². The molecule has 6 nitrogen and oxygen atoms in total. The van der Waals surface area contributed by atoms with Gasteiger partial charge in [-0.25, -0.2) is 4.79 Å². The molecule has 0 aliphatic rings. The first-order chi connectivity index (χ1) is 9.35. The van der Waals surface area contributed by atoms with Crippen molar-refractivity contribution in [1.82, 2.24) is 5.32 Å². The lowest BCUT2D eigenvalue weighted by molar-refractivity contribution is -0.139. The molecule has 0 fully saturated rings. The molecule has 1 atom stereocenters. The van der Waals surface area contributed by atoms with E-state index in [9.17, 15) is 14.4 Å². The van der Waals surface area contributed by atoms with Gasteiger partial charge in [0.1, 0.15) is 6.04 Å². The fourth-order valence-electron chi connectivity index (χ4n) is 1.76. The van der Waals surface area contributed by atoms with E-state index in [1.165, 1.54) is 11.3 Å². The highest BCUT2D eigenvalue weighted by molar-refractivity contribution is 7.14. The molecule has 0 bridgehead atoms. The number of aliphatic carboxylic acids is 1. The third kappa shape index (κ3) is 4.34. The van der Waals surface area contributed by atoms with Gasteiger partial charge >= 0.3 is 5.97 Å². The third-order valence-electron chi connectivity index (χ3n) is 2.85. The fourth-order valence-corrected chi connectivity index (χ4v) is 2.77. The smallest absolute Gasteiger partial charge is 0.326 e. The van der Waals surface area contributed by atoms with Crippen LogP contribution in [-0.2, 0) is 16.0 Å². The Hall–Kier alpha value is -1.89. The predicted molar refractivity (Wildman–Crippen MR) is 75.8 cm³/mol. The fraction of sp³-hybridized carbons (Fsp3) is 0.462. The molecule has 2 amide bonds. The largest absolute Gasteiger partial charge is 0.480 e. The SMILES string of the molecule is CCc1sc(C(=O)N[C@@H](CCC(N)=O)C(=O)O)cc1C. The van der Waals surface area contributed by atoms with Crippen LogP contribution in [0.2, 0.25) is 0 Å². The van der Waals surface area contributed by atoms with Crippen LogP contribution in [0.25, 0.3) is 0 Å².